The van der Waals surface area contributed by atoms with Crippen LogP contribution in [0, 0.1) is 6.92 Å². The van der Waals surface area contributed by atoms with Gasteiger partial charge in [-0.1, -0.05) is 17.4 Å². The summed E-state index contributed by atoms with van der Waals surface area (Å²) in [5.74, 6) is 0.773. The van der Waals surface area contributed by atoms with Crippen LogP contribution in [0.2, 0.25) is 0 Å². The number of nitrogens with one attached hydrogen (secondary N) is 1. The first-order valence-corrected chi connectivity index (χ1v) is 8.83. The van der Waals surface area contributed by atoms with E-state index in [0.29, 0.717) is 0 Å². The molecular formula is C17H19N5OS. The van der Waals surface area contributed by atoms with E-state index in [1.165, 1.54) is 10.3 Å². The van der Waals surface area contributed by atoms with Crippen LogP contribution >= 0.6 is 11.3 Å². The average molecular weight is 341 g/mol. The number of hydrogen-bond donors (Lipinski definition) is 1. The lowest BCUT2D eigenvalue weighted by molar-refractivity contribution is 0.0342. The largest absolute Gasteiger partial charge is 0.379 e. The highest BCUT2D eigenvalue weighted by molar-refractivity contribution is 7.22. The summed E-state index contributed by atoms with van der Waals surface area (Å²) < 4.78 is 6.60. The minimum atomic E-state index is 0.773. The first-order valence-electron chi connectivity index (χ1n) is 8.01. The first-order chi connectivity index (χ1) is 11.8. The Bertz CT molecular complexity index is 844. The number of nitrogens with zero attached hydrogens (tertiary/aromatic N) is 4. The maximum atomic E-state index is 5.41. The third kappa shape index (κ3) is 3.53. The van der Waals surface area contributed by atoms with Crippen molar-refractivity contribution in [1.82, 2.24) is 19.9 Å². The highest BCUT2D eigenvalue weighted by atomic mass is 32.1. The van der Waals surface area contributed by atoms with E-state index in [4.69, 9.17) is 4.74 Å². The normalized spacial score (nSPS) is 15.7. The predicted octanol–water partition coefficient (Wildman–Crippen LogP) is 2.97. The van der Waals surface area contributed by atoms with E-state index in [1.807, 2.05) is 13.0 Å². The van der Waals surface area contributed by atoms with Crippen molar-refractivity contribution in [1.29, 1.82) is 0 Å². The molecule has 0 spiro atoms. The van der Waals surface area contributed by atoms with Gasteiger partial charge in [-0.05, 0) is 24.6 Å². The van der Waals surface area contributed by atoms with Gasteiger partial charge in [0.25, 0.3) is 0 Å². The number of aryl methyl sites for hydroxylation is 1. The Morgan fingerprint density at radius 1 is 1.21 bits per heavy atom. The smallest absolute Gasteiger partial charge is 0.189 e. The van der Waals surface area contributed by atoms with Gasteiger partial charge in [-0.2, -0.15) is 0 Å². The Hall–Kier alpha value is -2.09. The first kappa shape index (κ1) is 15.4. The number of rotatable bonds is 4. The number of benzene rings is 1. The standard InChI is InChI=1S/C17H19N5OS/c1-12-8-16(19-11-18-12)21-17-20-14-3-2-13(9-15(14)24-17)10-22-4-6-23-7-5-22/h2-3,8-9,11H,4-7,10H2,1H3,(H,18,19,20,21). The lowest BCUT2D eigenvalue weighted by Gasteiger charge is -2.26. The summed E-state index contributed by atoms with van der Waals surface area (Å²) >= 11 is 1.65. The minimum Gasteiger partial charge on any atom is -0.379 e. The summed E-state index contributed by atoms with van der Waals surface area (Å²) in [6.07, 6.45) is 1.56. The molecular weight excluding hydrogens is 322 g/mol. The maximum Gasteiger partial charge on any atom is 0.189 e. The van der Waals surface area contributed by atoms with E-state index >= 15 is 0 Å². The van der Waals surface area contributed by atoms with Crippen LogP contribution in [0.3, 0.4) is 0 Å². The highest BCUT2D eigenvalue weighted by Crippen LogP contribution is 2.29. The van der Waals surface area contributed by atoms with Crippen molar-refractivity contribution < 1.29 is 4.74 Å². The van der Waals surface area contributed by atoms with Gasteiger partial charge in [0.2, 0.25) is 0 Å². The zero-order chi connectivity index (χ0) is 16.4. The van der Waals surface area contributed by atoms with E-state index in [1.54, 1.807) is 17.7 Å². The van der Waals surface area contributed by atoms with Crippen LogP contribution in [0.4, 0.5) is 10.9 Å². The molecule has 1 aliphatic rings. The molecule has 0 saturated carbocycles. The van der Waals surface area contributed by atoms with E-state index < -0.39 is 0 Å². The van der Waals surface area contributed by atoms with Crippen molar-refractivity contribution in [3.63, 3.8) is 0 Å². The molecule has 0 unspecified atom stereocenters. The quantitative estimate of drug-likeness (QED) is 0.787. The number of hydrogen-bond acceptors (Lipinski definition) is 7. The number of fused-ring (bicyclic) bond motifs is 1. The Morgan fingerprint density at radius 3 is 2.92 bits per heavy atom. The van der Waals surface area contributed by atoms with Gasteiger partial charge in [0, 0.05) is 31.4 Å². The van der Waals surface area contributed by atoms with E-state index in [0.717, 1.165) is 55.0 Å². The lowest BCUT2D eigenvalue weighted by atomic mass is 10.2. The fourth-order valence-corrected chi connectivity index (χ4v) is 3.71. The molecule has 1 fully saturated rings. The minimum absolute atomic E-state index is 0.773. The van der Waals surface area contributed by atoms with Gasteiger partial charge in [-0.15, -0.1) is 0 Å². The van der Waals surface area contributed by atoms with E-state index in [-0.39, 0.29) is 0 Å². The predicted molar refractivity (Wildman–Crippen MR) is 95.8 cm³/mol. The lowest BCUT2D eigenvalue weighted by Crippen LogP contribution is -2.35. The van der Waals surface area contributed by atoms with Crippen LogP contribution < -0.4 is 5.32 Å². The summed E-state index contributed by atoms with van der Waals surface area (Å²) in [6.45, 7) is 6.57. The third-order valence-electron chi connectivity index (χ3n) is 4.00. The molecule has 1 N–H and O–H groups in total. The third-order valence-corrected chi connectivity index (χ3v) is 4.94. The molecule has 3 heterocycles. The molecule has 2 aromatic heterocycles. The Morgan fingerprint density at radius 2 is 2.08 bits per heavy atom. The molecule has 1 aromatic carbocycles. The summed E-state index contributed by atoms with van der Waals surface area (Å²) in [7, 11) is 0. The van der Waals surface area contributed by atoms with Gasteiger partial charge >= 0.3 is 0 Å². The molecule has 0 amide bonds. The molecule has 124 valence electrons. The molecule has 0 bridgehead atoms. The number of morpholine rings is 1. The Labute approximate surface area is 144 Å². The molecule has 0 aliphatic carbocycles. The van der Waals surface area contributed by atoms with Gasteiger partial charge in [0.1, 0.15) is 12.1 Å². The van der Waals surface area contributed by atoms with Gasteiger partial charge in [-0.25, -0.2) is 15.0 Å². The second kappa shape index (κ2) is 6.80. The van der Waals surface area contributed by atoms with Crippen LogP contribution in [0.5, 0.6) is 0 Å². The second-order valence-corrected chi connectivity index (χ2v) is 6.91. The van der Waals surface area contributed by atoms with Gasteiger partial charge in [-0.3, -0.25) is 4.90 Å². The fraction of sp³-hybridized carbons (Fsp3) is 0.353. The average Bonchev–Trinajstić information content (AvgIpc) is 2.97. The van der Waals surface area contributed by atoms with Crippen molar-refractivity contribution in [3.8, 4) is 0 Å². The molecule has 3 aromatic rings. The molecule has 0 atom stereocenters. The maximum absolute atomic E-state index is 5.41. The number of aromatic nitrogens is 3. The van der Waals surface area contributed by atoms with Crippen molar-refractivity contribution in [2.45, 2.75) is 13.5 Å². The number of ether oxygens (including phenoxy) is 1. The molecule has 4 rings (SSSR count). The summed E-state index contributed by atoms with van der Waals surface area (Å²) in [6, 6.07) is 8.41. The molecule has 7 heteroatoms. The fourth-order valence-electron chi connectivity index (χ4n) is 2.77. The van der Waals surface area contributed by atoms with E-state index in [2.05, 4.69) is 43.4 Å². The Balaban J connectivity index is 1.52. The summed E-state index contributed by atoms with van der Waals surface area (Å²) in [5, 5.41) is 4.12. The van der Waals surface area contributed by atoms with Gasteiger partial charge < -0.3 is 10.1 Å². The van der Waals surface area contributed by atoms with Gasteiger partial charge in [0.15, 0.2) is 5.13 Å². The van der Waals surface area contributed by atoms with Gasteiger partial charge in [0.05, 0.1) is 23.4 Å². The van der Waals surface area contributed by atoms with Crippen molar-refractivity contribution in [3.05, 3.63) is 41.9 Å². The zero-order valence-corrected chi connectivity index (χ0v) is 14.3. The van der Waals surface area contributed by atoms with Crippen LogP contribution in [-0.4, -0.2) is 46.2 Å². The molecule has 0 radical (unpaired) electrons. The van der Waals surface area contributed by atoms with E-state index in [9.17, 15) is 0 Å². The summed E-state index contributed by atoms with van der Waals surface area (Å²) in [5.41, 5.74) is 3.26. The number of anilines is 2. The molecule has 1 saturated heterocycles. The van der Waals surface area contributed by atoms with Crippen LogP contribution in [0.1, 0.15) is 11.3 Å². The van der Waals surface area contributed by atoms with Crippen molar-refractivity contribution in [2.75, 3.05) is 31.6 Å². The summed E-state index contributed by atoms with van der Waals surface area (Å²) in [4.78, 5) is 15.4. The monoisotopic (exact) mass is 341 g/mol. The molecule has 6 nitrogen and oxygen atoms in total. The van der Waals surface area contributed by atoms with Crippen LogP contribution in [0.15, 0.2) is 30.6 Å². The second-order valence-electron chi connectivity index (χ2n) is 5.88. The van der Waals surface area contributed by atoms with Crippen LogP contribution in [0.25, 0.3) is 10.2 Å². The Kier molecular flexibility index (Phi) is 4.38. The van der Waals surface area contributed by atoms with Crippen molar-refractivity contribution in [2.24, 2.45) is 0 Å². The SMILES string of the molecule is Cc1cc(Nc2nc3ccc(CN4CCOCC4)cc3s2)ncn1. The number of thiazole rings is 1. The van der Waals surface area contributed by atoms with Crippen molar-refractivity contribution >= 4 is 32.5 Å². The zero-order valence-electron chi connectivity index (χ0n) is 13.5. The molecule has 24 heavy (non-hydrogen) atoms. The van der Waals surface area contributed by atoms with Crippen LogP contribution in [-0.2, 0) is 11.3 Å². The topological polar surface area (TPSA) is 63.2 Å². The molecule has 1 aliphatic heterocycles. The highest BCUT2D eigenvalue weighted by Gasteiger charge is 2.12.